The van der Waals surface area contributed by atoms with Gasteiger partial charge in [-0.1, -0.05) is 13.8 Å². The number of fused-ring (bicyclic) bond motifs is 1. The molecule has 0 radical (unpaired) electrons. The van der Waals surface area contributed by atoms with E-state index in [0.29, 0.717) is 17.8 Å². The van der Waals surface area contributed by atoms with E-state index in [-0.39, 0.29) is 17.4 Å². The van der Waals surface area contributed by atoms with E-state index in [1.165, 1.54) is 10.6 Å². The van der Waals surface area contributed by atoms with E-state index in [1.807, 2.05) is 26.8 Å². The van der Waals surface area contributed by atoms with Gasteiger partial charge in [-0.3, -0.25) is 9.67 Å². The summed E-state index contributed by atoms with van der Waals surface area (Å²) in [5, 5.41) is 21.3. The van der Waals surface area contributed by atoms with Crippen LogP contribution in [0, 0.1) is 12.7 Å². The number of hydrogen-bond acceptors (Lipinski definition) is 5. The van der Waals surface area contributed by atoms with E-state index in [2.05, 4.69) is 20.3 Å². The molecule has 0 unspecified atom stereocenters. The van der Waals surface area contributed by atoms with Gasteiger partial charge in [-0.2, -0.15) is 9.78 Å². The first-order valence-electron chi connectivity index (χ1n) is 9.80. The highest BCUT2D eigenvalue weighted by molar-refractivity contribution is 5.87. The molecule has 8 nitrogen and oxygen atoms in total. The molecule has 4 aromatic rings. The Kier molecular flexibility index (Phi) is 4.98. The number of pyridine rings is 1. The van der Waals surface area contributed by atoms with Gasteiger partial charge in [0.15, 0.2) is 11.6 Å². The number of aliphatic hydroxyl groups is 1. The summed E-state index contributed by atoms with van der Waals surface area (Å²) in [6.45, 7) is 7.69. The van der Waals surface area contributed by atoms with Crippen LogP contribution < -0.4 is 5.69 Å². The maximum absolute atomic E-state index is 15.1. The molecule has 30 heavy (non-hydrogen) atoms. The Morgan fingerprint density at radius 3 is 2.60 bits per heavy atom. The summed E-state index contributed by atoms with van der Waals surface area (Å²) in [4.78, 5) is 17.3. The Morgan fingerprint density at radius 1 is 1.27 bits per heavy atom. The Hall–Kier alpha value is -3.33. The molecule has 0 aliphatic heterocycles. The molecule has 3 aromatic heterocycles. The van der Waals surface area contributed by atoms with Crippen LogP contribution in [-0.4, -0.2) is 34.6 Å². The Bertz CT molecular complexity index is 1300. The van der Waals surface area contributed by atoms with Crippen molar-refractivity contribution in [3.05, 3.63) is 57.8 Å². The molecular formula is C21H23FN6O2. The molecule has 0 spiro atoms. The monoisotopic (exact) mass is 410 g/mol. The van der Waals surface area contributed by atoms with Crippen LogP contribution in [0.4, 0.5) is 4.39 Å². The molecule has 4 rings (SSSR count). The van der Waals surface area contributed by atoms with Crippen LogP contribution in [0.5, 0.6) is 0 Å². The molecule has 2 N–H and O–H groups in total. The molecule has 0 aliphatic carbocycles. The molecule has 1 aromatic carbocycles. The van der Waals surface area contributed by atoms with E-state index in [9.17, 15) is 9.90 Å². The third kappa shape index (κ3) is 3.11. The van der Waals surface area contributed by atoms with E-state index in [4.69, 9.17) is 0 Å². The van der Waals surface area contributed by atoms with Gasteiger partial charge in [-0.15, -0.1) is 5.10 Å². The zero-order valence-corrected chi connectivity index (χ0v) is 17.3. The van der Waals surface area contributed by atoms with Gasteiger partial charge in [0.1, 0.15) is 12.3 Å². The van der Waals surface area contributed by atoms with Gasteiger partial charge in [-0.25, -0.2) is 14.2 Å². The number of aromatic amines is 1. The lowest BCUT2D eigenvalue weighted by Crippen LogP contribution is -2.24. The number of benzene rings is 1. The second kappa shape index (κ2) is 7.49. The van der Waals surface area contributed by atoms with Gasteiger partial charge < -0.3 is 5.11 Å². The lowest BCUT2D eigenvalue weighted by atomic mass is 9.96. The number of nitrogens with one attached hydrogen (secondary N) is 1. The normalized spacial score (nSPS) is 11.7. The molecule has 0 atom stereocenters. The topological polar surface area (TPSA) is 102 Å². The zero-order chi connectivity index (χ0) is 21.6. The van der Waals surface area contributed by atoms with Crippen molar-refractivity contribution >= 4 is 10.9 Å². The van der Waals surface area contributed by atoms with Gasteiger partial charge in [0.25, 0.3) is 0 Å². The number of aromatic nitrogens is 6. The largest absolute Gasteiger partial charge is 0.388 e. The first-order chi connectivity index (χ1) is 14.3. The zero-order valence-electron chi connectivity index (χ0n) is 17.3. The highest BCUT2D eigenvalue weighted by Crippen LogP contribution is 2.32. The highest BCUT2D eigenvalue weighted by atomic mass is 19.1. The molecule has 0 bridgehead atoms. The molecule has 0 aliphatic rings. The van der Waals surface area contributed by atoms with E-state index < -0.39 is 18.1 Å². The van der Waals surface area contributed by atoms with Crippen molar-refractivity contribution in [2.75, 3.05) is 0 Å². The van der Waals surface area contributed by atoms with E-state index >= 15 is 4.39 Å². The van der Waals surface area contributed by atoms with Gasteiger partial charge in [0, 0.05) is 29.3 Å². The van der Waals surface area contributed by atoms with Crippen molar-refractivity contribution in [3.63, 3.8) is 0 Å². The fraction of sp³-hybridized carbons (Fsp3) is 0.333. The van der Waals surface area contributed by atoms with Gasteiger partial charge in [0.05, 0.1) is 17.4 Å². The first kappa shape index (κ1) is 20.0. The summed E-state index contributed by atoms with van der Waals surface area (Å²) in [5.41, 5.74) is 3.44. The fourth-order valence-corrected chi connectivity index (χ4v) is 3.68. The summed E-state index contributed by atoms with van der Waals surface area (Å²) >= 11 is 0. The average Bonchev–Trinajstić information content (AvgIpc) is 3.28. The Morgan fingerprint density at radius 2 is 2.03 bits per heavy atom. The summed E-state index contributed by atoms with van der Waals surface area (Å²) in [7, 11) is 0. The molecule has 156 valence electrons. The third-order valence-corrected chi connectivity index (χ3v) is 5.26. The van der Waals surface area contributed by atoms with Crippen molar-refractivity contribution in [3.8, 4) is 16.9 Å². The maximum Gasteiger partial charge on any atom is 0.350 e. The van der Waals surface area contributed by atoms with Crippen LogP contribution in [0.15, 0.2) is 29.2 Å². The number of rotatable bonds is 5. The van der Waals surface area contributed by atoms with Crippen LogP contribution in [0.25, 0.3) is 27.8 Å². The Balaban J connectivity index is 1.99. The SMILES string of the molecule is CCn1c(CO)nn(-c2cc3c(C(C)C)cc(-c4cn[nH]c4C)nc3cc2F)c1=O. The van der Waals surface area contributed by atoms with Crippen LogP contribution in [0.1, 0.15) is 43.8 Å². The van der Waals surface area contributed by atoms with Gasteiger partial charge >= 0.3 is 5.69 Å². The smallest absolute Gasteiger partial charge is 0.350 e. The highest BCUT2D eigenvalue weighted by Gasteiger charge is 2.19. The van der Waals surface area contributed by atoms with Gasteiger partial charge in [-0.05, 0) is 37.5 Å². The van der Waals surface area contributed by atoms with Crippen LogP contribution in [0.2, 0.25) is 0 Å². The summed E-state index contributed by atoms with van der Waals surface area (Å²) in [5.74, 6) is -0.286. The van der Waals surface area contributed by atoms with Crippen molar-refractivity contribution < 1.29 is 9.50 Å². The molecule has 0 fully saturated rings. The molecule has 0 amide bonds. The molecule has 9 heteroatoms. The van der Waals surface area contributed by atoms with Crippen LogP contribution >= 0.6 is 0 Å². The molecule has 3 heterocycles. The quantitative estimate of drug-likeness (QED) is 0.527. The second-order valence-corrected chi connectivity index (χ2v) is 7.49. The first-order valence-corrected chi connectivity index (χ1v) is 9.80. The second-order valence-electron chi connectivity index (χ2n) is 7.49. The third-order valence-electron chi connectivity index (χ3n) is 5.26. The minimum Gasteiger partial charge on any atom is -0.388 e. The standard InChI is InChI=1S/C21H23FN6O2/c1-5-27-20(10-29)26-28(21(27)30)19-7-14-13(11(2)3)6-17(15-9-23-25-12(15)4)24-18(14)8-16(19)22/h6-9,11,29H,5,10H2,1-4H3,(H,23,25). The predicted octanol–water partition coefficient (Wildman–Crippen LogP) is 3.06. The van der Waals surface area contributed by atoms with Crippen LogP contribution in [0.3, 0.4) is 0 Å². The average molecular weight is 410 g/mol. The summed E-state index contributed by atoms with van der Waals surface area (Å²) in [6, 6.07) is 4.90. The molecular weight excluding hydrogens is 387 g/mol. The fourth-order valence-electron chi connectivity index (χ4n) is 3.68. The number of nitrogens with zero attached hydrogens (tertiary/aromatic N) is 5. The lowest BCUT2D eigenvalue weighted by Gasteiger charge is -2.14. The minimum atomic E-state index is -0.613. The summed E-state index contributed by atoms with van der Waals surface area (Å²) in [6.07, 6.45) is 1.70. The molecule has 0 saturated heterocycles. The van der Waals surface area contributed by atoms with Crippen molar-refractivity contribution in [1.29, 1.82) is 0 Å². The number of halogens is 1. The van der Waals surface area contributed by atoms with E-state index in [1.54, 1.807) is 19.2 Å². The van der Waals surface area contributed by atoms with Crippen LogP contribution in [-0.2, 0) is 13.2 Å². The van der Waals surface area contributed by atoms with Crippen molar-refractivity contribution in [2.24, 2.45) is 0 Å². The molecule has 0 saturated carbocycles. The lowest BCUT2D eigenvalue weighted by molar-refractivity contribution is 0.264. The van der Waals surface area contributed by atoms with Crippen molar-refractivity contribution in [2.45, 2.75) is 46.8 Å². The Labute approximate surface area is 172 Å². The summed E-state index contributed by atoms with van der Waals surface area (Å²) < 4.78 is 17.4. The number of H-pyrrole nitrogens is 1. The number of aryl methyl sites for hydroxylation is 1. The number of aliphatic hydroxyl groups excluding tert-OH is 1. The van der Waals surface area contributed by atoms with Gasteiger partial charge in [0.2, 0.25) is 0 Å². The maximum atomic E-state index is 15.1. The van der Waals surface area contributed by atoms with Crippen molar-refractivity contribution in [1.82, 2.24) is 29.5 Å². The predicted molar refractivity (Wildman–Crippen MR) is 111 cm³/mol. The number of hydrogen-bond donors (Lipinski definition) is 2. The minimum absolute atomic E-state index is 0.0327. The van der Waals surface area contributed by atoms with E-state index in [0.717, 1.165) is 26.9 Å².